The highest BCUT2D eigenvalue weighted by molar-refractivity contribution is 6.30. The first-order chi connectivity index (χ1) is 11.5. The van der Waals surface area contributed by atoms with Crippen LogP contribution in [0.25, 0.3) is 6.08 Å². The van der Waals surface area contributed by atoms with Crippen LogP contribution in [-0.2, 0) is 9.53 Å². The summed E-state index contributed by atoms with van der Waals surface area (Å²) in [5.41, 5.74) is 1.47. The molecule has 2 aromatic carbocycles. The van der Waals surface area contributed by atoms with Gasteiger partial charge in [-0.2, -0.15) is 5.26 Å². The van der Waals surface area contributed by atoms with Gasteiger partial charge in [-0.05, 0) is 48.0 Å². The van der Waals surface area contributed by atoms with Crippen molar-refractivity contribution in [2.45, 2.75) is 0 Å². The number of carbonyl (C=O) groups excluding carboxylic acids is 2. The van der Waals surface area contributed by atoms with E-state index in [2.05, 4.69) is 10.1 Å². The highest BCUT2D eigenvalue weighted by atomic mass is 35.5. The molecule has 2 aromatic rings. The van der Waals surface area contributed by atoms with Crippen LogP contribution in [0.2, 0.25) is 5.02 Å². The SMILES string of the molecule is COC(=O)c1ccc(NC(=O)/C(C#N)=C/c2ccc(Cl)cc2)cc1. The second kappa shape index (κ2) is 7.95. The zero-order valence-electron chi connectivity index (χ0n) is 12.7. The van der Waals surface area contributed by atoms with E-state index in [4.69, 9.17) is 11.6 Å². The van der Waals surface area contributed by atoms with Crippen molar-refractivity contribution in [3.63, 3.8) is 0 Å². The number of rotatable bonds is 4. The second-order valence-electron chi connectivity index (χ2n) is 4.74. The Kier molecular flexibility index (Phi) is 5.72. The molecule has 120 valence electrons. The van der Waals surface area contributed by atoms with Crippen LogP contribution >= 0.6 is 11.6 Å². The largest absolute Gasteiger partial charge is 0.465 e. The molecule has 0 radical (unpaired) electrons. The zero-order valence-corrected chi connectivity index (χ0v) is 13.5. The number of benzene rings is 2. The van der Waals surface area contributed by atoms with Crippen molar-refractivity contribution in [1.82, 2.24) is 0 Å². The molecule has 0 aliphatic heterocycles. The molecule has 0 saturated carbocycles. The Morgan fingerprint density at radius 2 is 1.75 bits per heavy atom. The third kappa shape index (κ3) is 4.45. The van der Waals surface area contributed by atoms with Gasteiger partial charge in [-0.1, -0.05) is 23.7 Å². The number of hydrogen-bond donors (Lipinski definition) is 1. The number of carbonyl (C=O) groups is 2. The Balaban J connectivity index is 2.13. The summed E-state index contributed by atoms with van der Waals surface area (Å²) in [6.07, 6.45) is 1.47. The van der Waals surface area contributed by atoms with E-state index in [1.807, 2.05) is 6.07 Å². The van der Waals surface area contributed by atoms with Gasteiger partial charge < -0.3 is 10.1 Å². The topological polar surface area (TPSA) is 79.2 Å². The minimum Gasteiger partial charge on any atom is -0.465 e. The zero-order chi connectivity index (χ0) is 17.5. The van der Waals surface area contributed by atoms with E-state index in [1.54, 1.807) is 36.4 Å². The lowest BCUT2D eigenvalue weighted by Crippen LogP contribution is -2.13. The van der Waals surface area contributed by atoms with Gasteiger partial charge in [0, 0.05) is 10.7 Å². The van der Waals surface area contributed by atoms with Crippen LogP contribution < -0.4 is 5.32 Å². The molecule has 0 atom stereocenters. The molecule has 1 amide bonds. The summed E-state index contributed by atoms with van der Waals surface area (Å²) in [4.78, 5) is 23.5. The molecular weight excluding hydrogens is 328 g/mol. The number of halogens is 1. The third-order valence-electron chi connectivity index (χ3n) is 3.11. The molecule has 24 heavy (non-hydrogen) atoms. The lowest BCUT2D eigenvalue weighted by molar-refractivity contribution is -0.112. The second-order valence-corrected chi connectivity index (χ2v) is 5.18. The van der Waals surface area contributed by atoms with E-state index < -0.39 is 11.9 Å². The van der Waals surface area contributed by atoms with Crippen LogP contribution in [0.1, 0.15) is 15.9 Å². The van der Waals surface area contributed by atoms with Crippen molar-refractivity contribution < 1.29 is 14.3 Å². The molecule has 0 aliphatic rings. The number of amides is 1. The van der Waals surface area contributed by atoms with Crippen molar-refractivity contribution in [3.05, 3.63) is 70.3 Å². The first kappa shape index (κ1) is 17.3. The van der Waals surface area contributed by atoms with Gasteiger partial charge in [0.1, 0.15) is 11.6 Å². The van der Waals surface area contributed by atoms with Gasteiger partial charge in [0.05, 0.1) is 12.7 Å². The van der Waals surface area contributed by atoms with Gasteiger partial charge >= 0.3 is 5.97 Å². The summed E-state index contributed by atoms with van der Waals surface area (Å²) in [5.74, 6) is -1.01. The van der Waals surface area contributed by atoms with Crippen molar-refractivity contribution in [1.29, 1.82) is 5.26 Å². The summed E-state index contributed by atoms with van der Waals surface area (Å²) in [5, 5.41) is 12.3. The fourth-order valence-corrected chi connectivity index (χ4v) is 2.01. The minimum atomic E-state index is -0.543. The molecule has 0 unspecified atom stereocenters. The van der Waals surface area contributed by atoms with Crippen molar-refractivity contribution >= 4 is 35.2 Å². The molecule has 1 N–H and O–H groups in total. The maximum absolute atomic E-state index is 12.2. The van der Waals surface area contributed by atoms with Gasteiger partial charge in [-0.25, -0.2) is 4.79 Å². The van der Waals surface area contributed by atoms with Crippen molar-refractivity contribution in [2.24, 2.45) is 0 Å². The average molecular weight is 341 g/mol. The lowest BCUT2D eigenvalue weighted by Gasteiger charge is -2.05. The number of esters is 1. The highest BCUT2D eigenvalue weighted by Gasteiger charge is 2.10. The van der Waals surface area contributed by atoms with Gasteiger partial charge in [-0.3, -0.25) is 4.79 Å². The summed E-state index contributed by atoms with van der Waals surface area (Å²) in [7, 11) is 1.29. The molecule has 0 saturated heterocycles. The van der Waals surface area contributed by atoms with E-state index >= 15 is 0 Å². The Morgan fingerprint density at radius 3 is 2.29 bits per heavy atom. The predicted molar refractivity (Wildman–Crippen MR) is 91.5 cm³/mol. The van der Waals surface area contributed by atoms with Crippen LogP contribution in [0.15, 0.2) is 54.1 Å². The van der Waals surface area contributed by atoms with Crippen LogP contribution in [0.5, 0.6) is 0 Å². The highest BCUT2D eigenvalue weighted by Crippen LogP contribution is 2.15. The molecular formula is C18H13ClN2O3. The number of nitrogens with one attached hydrogen (secondary N) is 1. The molecule has 6 heteroatoms. The first-order valence-corrected chi connectivity index (χ1v) is 7.28. The van der Waals surface area contributed by atoms with Crippen LogP contribution in [0, 0.1) is 11.3 Å². The quantitative estimate of drug-likeness (QED) is 0.523. The minimum absolute atomic E-state index is 0.0469. The van der Waals surface area contributed by atoms with E-state index in [-0.39, 0.29) is 5.57 Å². The van der Waals surface area contributed by atoms with Gasteiger partial charge in [0.15, 0.2) is 0 Å². The maximum Gasteiger partial charge on any atom is 0.337 e. The van der Waals surface area contributed by atoms with E-state index in [9.17, 15) is 14.9 Å². The standard InChI is InChI=1S/C18H13ClN2O3/c1-24-18(23)13-4-8-16(9-5-13)21-17(22)14(11-20)10-12-2-6-15(19)7-3-12/h2-10H,1H3,(H,21,22)/b14-10+. The molecule has 0 fully saturated rings. The third-order valence-corrected chi connectivity index (χ3v) is 3.36. The summed E-state index contributed by atoms with van der Waals surface area (Å²) < 4.78 is 4.60. The Bertz CT molecular complexity index is 819. The summed E-state index contributed by atoms with van der Waals surface area (Å²) in [6, 6.07) is 14.8. The summed E-state index contributed by atoms with van der Waals surface area (Å²) in [6.45, 7) is 0. The number of nitriles is 1. The number of nitrogens with zero attached hydrogens (tertiary/aromatic N) is 1. The molecule has 0 bridgehead atoms. The summed E-state index contributed by atoms with van der Waals surface area (Å²) >= 11 is 5.80. The van der Waals surface area contributed by atoms with E-state index in [1.165, 1.54) is 25.3 Å². The van der Waals surface area contributed by atoms with Crippen molar-refractivity contribution in [3.8, 4) is 6.07 Å². The normalized spacial score (nSPS) is 10.6. The Labute approximate surface area is 144 Å². The van der Waals surface area contributed by atoms with Crippen LogP contribution in [0.3, 0.4) is 0 Å². The number of methoxy groups -OCH3 is 1. The monoisotopic (exact) mass is 340 g/mol. The fraction of sp³-hybridized carbons (Fsp3) is 0.0556. The fourth-order valence-electron chi connectivity index (χ4n) is 1.88. The number of ether oxygens (including phenoxy) is 1. The molecule has 0 heterocycles. The maximum atomic E-state index is 12.2. The molecule has 5 nitrogen and oxygen atoms in total. The number of anilines is 1. The first-order valence-electron chi connectivity index (χ1n) is 6.90. The van der Waals surface area contributed by atoms with Crippen LogP contribution in [0.4, 0.5) is 5.69 Å². The van der Waals surface area contributed by atoms with E-state index in [0.29, 0.717) is 21.8 Å². The van der Waals surface area contributed by atoms with E-state index in [0.717, 1.165) is 0 Å². The molecule has 0 spiro atoms. The van der Waals surface area contributed by atoms with Gasteiger partial charge in [0.2, 0.25) is 0 Å². The predicted octanol–water partition coefficient (Wildman–Crippen LogP) is 3.67. The molecule has 0 aromatic heterocycles. The number of hydrogen-bond acceptors (Lipinski definition) is 4. The average Bonchev–Trinajstić information content (AvgIpc) is 2.61. The smallest absolute Gasteiger partial charge is 0.337 e. The Morgan fingerprint density at radius 1 is 1.12 bits per heavy atom. The van der Waals surface area contributed by atoms with Crippen LogP contribution in [-0.4, -0.2) is 19.0 Å². The van der Waals surface area contributed by atoms with Gasteiger partial charge in [0.25, 0.3) is 5.91 Å². The lowest BCUT2D eigenvalue weighted by atomic mass is 10.1. The Hall–Kier alpha value is -3.10. The van der Waals surface area contributed by atoms with Gasteiger partial charge in [-0.15, -0.1) is 0 Å². The molecule has 0 aliphatic carbocycles. The molecule has 2 rings (SSSR count). The van der Waals surface area contributed by atoms with Crippen molar-refractivity contribution in [2.75, 3.05) is 12.4 Å².